The molecule has 1 fully saturated rings. The van der Waals surface area contributed by atoms with E-state index >= 15 is 0 Å². The summed E-state index contributed by atoms with van der Waals surface area (Å²) in [4.78, 5) is 4.51. The Morgan fingerprint density at radius 3 is 2.76 bits per heavy atom. The second-order valence-electron chi connectivity index (χ2n) is 3.75. The first kappa shape index (κ1) is 4.27. The molecular weight excluding hydrogens is 208 g/mol. The van der Waals surface area contributed by atoms with Gasteiger partial charge in [0, 0.05) is 32.1 Å². The number of fused-ring (bicyclic) bond motifs is 1. The molecule has 0 atom stereocenters. The van der Waals surface area contributed by atoms with Crippen LogP contribution in [-0.2, 0) is 0 Å². The molecule has 0 spiro atoms. The molecule has 0 bridgehead atoms. The molecule has 1 aliphatic rings. The van der Waals surface area contributed by atoms with Crippen LogP contribution >= 0.6 is 0 Å². The first-order valence-electron chi connectivity index (χ1n) is 10.3. The van der Waals surface area contributed by atoms with E-state index in [2.05, 4.69) is 4.98 Å². The van der Waals surface area contributed by atoms with Gasteiger partial charge in [0.25, 0.3) is 0 Å². The van der Waals surface area contributed by atoms with E-state index in [0.29, 0.717) is 16.0 Å². The minimum absolute atomic E-state index is 0.292. The van der Waals surface area contributed by atoms with Crippen LogP contribution in [-0.4, -0.2) is 18.0 Å². The number of piperidine rings is 1. The van der Waals surface area contributed by atoms with E-state index in [1.807, 2.05) is 0 Å². The van der Waals surface area contributed by atoms with Gasteiger partial charge in [-0.1, -0.05) is 18.2 Å². The van der Waals surface area contributed by atoms with Gasteiger partial charge in [0.2, 0.25) is 0 Å². The number of hydrogen-bond donors (Lipinski definition) is 0. The van der Waals surface area contributed by atoms with Gasteiger partial charge in [-0.2, -0.15) is 0 Å². The largest absolute Gasteiger partial charge is 0.357 e. The van der Waals surface area contributed by atoms with Crippen molar-refractivity contribution < 1.29 is 13.7 Å². The van der Waals surface area contributed by atoms with Crippen molar-refractivity contribution in [3.63, 3.8) is 0 Å². The Labute approximate surface area is 116 Å². The third-order valence-corrected chi connectivity index (χ3v) is 2.60. The molecule has 1 aliphatic heterocycles. The fourth-order valence-electron chi connectivity index (χ4n) is 1.79. The lowest BCUT2D eigenvalue weighted by molar-refractivity contribution is 0.574. The van der Waals surface area contributed by atoms with Crippen LogP contribution in [0.5, 0.6) is 0 Å². The van der Waals surface area contributed by atoms with E-state index in [4.69, 9.17) is 13.7 Å². The second kappa shape index (κ2) is 4.36. The minimum atomic E-state index is -3.44. The molecule has 1 saturated heterocycles. The third kappa shape index (κ3) is 1.99. The number of pyridine rings is 1. The topological polar surface area (TPSA) is 16.1 Å². The second-order valence-corrected chi connectivity index (χ2v) is 3.75. The molecular formula is C15H18N2. The summed E-state index contributed by atoms with van der Waals surface area (Å²) in [5, 5.41) is 0.737. The molecule has 2 aromatic rings. The van der Waals surface area contributed by atoms with E-state index in [-0.39, 0.29) is 5.82 Å². The van der Waals surface area contributed by atoms with Gasteiger partial charge in [-0.25, -0.2) is 4.98 Å². The van der Waals surface area contributed by atoms with E-state index in [1.54, 1.807) is 31.2 Å². The van der Waals surface area contributed by atoms with Crippen molar-refractivity contribution in [3.05, 3.63) is 35.9 Å². The summed E-state index contributed by atoms with van der Waals surface area (Å²) in [6.07, 6.45) is -10.2. The molecule has 0 unspecified atom stereocenters. The van der Waals surface area contributed by atoms with Crippen molar-refractivity contribution in [1.82, 2.24) is 4.98 Å². The Balaban J connectivity index is 2.34. The predicted molar refractivity (Wildman–Crippen MR) is 72.5 cm³/mol. The van der Waals surface area contributed by atoms with E-state index in [1.165, 1.54) is 6.07 Å². The van der Waals surface area contributed by atoms with Gasteiger partial charge in [0.05, 0.1) is 5.52 Å². The van der Waals surface area contributed by atoms with Gasteiger partial charge in [-0.15, -0.1) is 0 Å². The van der Waals surface area contributed by atoms with E-state index in [9.17, 15) is 0 Å². The molecule has 1 aromatic carbocycles. The summed E-state index contributed by atoms with van der Waals surface area (Å²) in [7, 11) is 0. The van der Waals surface area contributed by atoms with E-state index in [0.717, 1.165) is 5.39 Å². The summed E-state index contributed by atoms with van der Waals surface area (Å²) < 4.78 is 80.6. The van der Waals surface area contributed by atoms with Crippen LogP contribution in [0.4, 0.5) is 5.82 Å². The van der Waals surface area contributed by atoms with Gasteiger partial charge >= 0.3 is 0 Å². The molecule has 0 radical (unpaired) electrons. The summed E-state index contributed by atoms with van der Waals surface area (Å²) in [5.41, 5.74) is 1.03. The van der Waals surface area contributed by atoms with Crippen LogP contribution < -0.4 is 4.90 Å². The molecule has 1 aromatic heterocycles. The molecule has 0 saturated carbocycles. The highest BCUT2D eigenvalue weighted by Gasteiger charge is 2.13. The lowest BCUT2D eigenvalue weighted by Crippen LogP contribution is -2.30. The average Bonchev–Trinajstić information content (AvgIpc) is 2.53. The minimum Gasteiger partial charge on any atom is -0.357 e. The van der Waals surface area contributed by atoms with E-state index < -0.39 is 32.1 Å². The number of hydrogen-bond acceptors (Lipinski definition) is 2. The van der Waals surface area contributed by atoms with Crippen molar-refractivity contribution >= 4 is 16.7 Å². The number of aromatic nitrogens is 1. The molecule has 88 valence electrons. The van der Waals surface area contributed by atoms with Gasteiger partial charge < -0.3 is 4.90 Å². The maximum Gasteiger partial charge on any atom is 0.129 e. The van der Waals surface area contributed by atoms with Crippen molar-refractivity contribution in [2.24, 2.45) is 0 Å². The van der Waals surface area contributed by atoms with Crippen molar-refractivity contribution in [1.29, 1.82) is 0 Å². The smallest absolute Gasteiger partial charge is 0.129 e. The van der Waals surface area contributed by atoms with Crippen molar-refractivity contribution in [2.45, 2.75) is 26.0 Å². The van der Waals surface area contributed by atoms with Crippen LogP contribution in [0.2, 0.25) is 0 Å². The number of nitrogens with zero attached hydrogens (tertiary/aromatic N) is 2. The molecule has 17 heavy (non-hydrogen) atoms. The molecule has 0 amide bonds. The highest BCUT2D eigenvalue weighted by Crippen LogP contribution is 2.24. The SMILES string of the molecule is [2H]C1([2H])N(c2cc(C)c3ccccc3n2)C([2H])([2H])C([2H])([2H])C([2H])([2H])C1([2H])[2H]. The number of rotatable bonds is 1. The van der Waals surface area contributed by atoms with Crippen LogP contribution in [0.1, 0.15) is 38.4 Å². The molecule has 2 nitrogen and oxygen atoms in total. The maximum absolute atomic E-state index is 8.22. The predicted octanol–water partition coefficient (Wildman–Crippen LogP) is 3.53. The molecule has 3 rings (SSSR count). The summed E-state index contributed by atoms with van der Waals surface area (Å²) in [5.74, 6) is -0.301. The number of aryl methyl sites for hydroxylation is 1. The standard InChI is InChI=1S/C15H18N2/c1-12-11-15(17-9-5-2-6-10-17)16-14-8-4-3-7-13(12)14/h3-4,7-8,11H,2,5-6,9-10H2,1H3/i2D2,5D2,6D2,9D2,10D2. The lowest BCUT2D eigenvalue weighted by Gasteiger charge is -2.28. The first-order valence-corrected chi connectivity index (χ1v) is 5.27. The summed E-state index contributed by atoms with van der Waals surface area (Å²) >= 11 is 0. The van der Waals surface area contributed by atoms with Crippen LogP contribution in [0, 0.1) is 6.92 Å². The third-order valence-electron chi connectivity index (χ3n) is 2.60. The highest BCUT2D eigenvalue weighted by atomic mass is 15.2. The van der Waals surface area contributed by atoms with Crippen molar-refractivity contribution in [2.75, 3.05) is 17.9 Å². The Kier molecular flexibility index (Phi) is 1.10. The first-order chi connectivity index (χ1) is 12.1. The molecule has 2 heterocycles. The number of anilines is 1. The summed E-state index contributed by atoms with van der Waals surface area (Å²) in [6.45, 7) is -4.73. The Bertz CT molecular complexity index is 879. The van der Waals surface area contributed by atoms with Crippen molar-refractivity contribution in [3.8, 4) is 0 Å². The fraction of sp³-hybridized carbons (Fsp3) is 0.400. The highest BCUT2D eigenvalue weighted by molar-refractivity contribution is 5.83. The van der Waals surface area contributed by atoms with Gasteiger partial charge in [-0.05, 0) is 43.7 Å². The van der Waals surface area contributed by atoms with Gasteiger partial charge in [0.1, 0.15) is 5.82 Å². The van der Waals surface area contributed by atoms with Gasteiger partial charge in [-0.3, -0.25) is 0 Å². The maximum atomic E-state index is 8.22. The molecule has 0 aliphatic carbocycles. The Morgan fingerprint density at radius 2 is 1.94 bits per heavy atom. The Morgan fingerprint density at radius 1 is 1.18 bits per heavy atom. The fourth-order valence-corrected chi connectivity index (χ4v) is 1.79. The number of para-hydroxylation sites is 1. The average molecular weight is 236 g/mol. The summed E-state index contributed by atoms with van der Waals surface area (Å²) in [6, 6.07) is 8.23. The number of benzene rings is 1. The van der Waals surface area contributed by atoms with Crippen LogP contribution in [0.3, 0.4) is 0 Å². The zero-order valence-electron chi connectivity index (χ0n) is 19.3. The quantitative estimate of drug-likeness (QED) is 0.753. The monoisotopic (exact) mass is 236 g/mol. The molecule has 2 heteroatoms. The molecule has 0 N–H and O–H groups in total. The zero-order valence-corrected chi connectivity index (χ0v) is 9.28. The Hall–Kier alpha value is -1.57. The lowest BCUT2D eigenvalue weighted by atomic mass is 10.1. The van der Waals surface area contributed by atoms with Gasteiger partial charge in [0.15, 0.2) is 0 Å². The van der Waals surface area contributed by atoms with Crippen LogP contribution in [0.25, 0.3) is 10.9 Å². The zero-order chi connectivity index (χ0) is 20.6. The van der Waals surface area contributed by atoms with Crippen LogP contribution in [0.15, 0.2) is 30.3 Å². The normalized spacial score (nSPS) is 39.9.